The molecule has 30 heavy (non-hydrogen) atoms. The van der Waals surface area contributed by atoms with Gasteiger partial charge >= 0.3 is 12.1 Å². The minimum Gasteiger partial charge on any atom is -0.477 e. The first kappa shape index (κ1) is 21.2. The molecule has 0 saturated carbocycles. The Kier molecular flexibility index (Phi) is 4.94. The number of hydrogen-bond donors (Lipinski definition) is 1. The lowest BCUT2D eigenvalue weighted by Gasteiger charge is -2.30. The van der Waals surface area contributed by atoms with E-state index in [4.69, 9.17) is 28.0 Å². The van der Waals surface area contributed by atoms with Gasteiger partial charge < -0.3 is 14.8 Å². The highest BCUT2D eigenvalue weighted by Gasteiger charge is 2.63. The van der Waals surface area contributed by atoms with Crippen LogP contribution in [0, 0.1) is 12.7 Å². The molecule has 2 aliphatic heterocycles. The number of nitrogens with zero attached hydrogens (tertiary/aromatic N) is 2. The highest BCUT2D eigenvalue weighted by Crippen LogP contribution is 2.50. The van der Waals surface area contributed by atoms with Crippen molar-refractivity contribution in [2.24, 2.45) is 5.16 Å². The lowest BCUT2D eigenvalue weighted by atomic mass is 9.89. The number of carboxylic acids is 1. The Labute approximate surface area is 181 Å². The van der Waals surface area contributed by atoms with Crippen molar-refractivity contribution in [3.05, 3.63) is 54.4 Å². The number of hydrogen-bond acceptors (Lipinski definition) is 5. The van der Waals surface area contributed by atoms with E-state index in [0.29, 0.717) is 5.56 Å². The van der Waals surface area contributed by atoms with E-state index in [-0.39, 0.29) is 23.8 Å². The smallest absolute Gasteiger partial charge is 0.435 e. The summed E-state index contributed by atoms with van der Waals surface area (Å²) in [6.07, 6.45) is -5.55. The number of aromatic carboxylic acids is 1. The molecule has 12 heteroatoms. The molecule has 0 aliphatic carbocycles. The van der Waals surface area contributed by atoms with Crippen LogP contribution in [0.25, 0.3) is 0 Å². The predicted octanol–water partition coefficient (Wildman–Crippen LogP) is 5.71. The molecule has 160 valence electrons. The van der Waals surface area contributed by atoms with Gasteiger partial charge in [-0.15, -0.1) is 11.3 Å². The first-order valence-corrected chi connectivity index (χ1v) is 10.1. The van der Waals surface area contributed by atoms with E-state index in [0.717, 1.165) is 33.9 Å². The van der Waals surface area contributed by atoms with E-state index >= 15 is 0 Å². The fourth-order valence-electron chi connectivity index (χ4n) is 3.60. The second kappa shape index (κ2) is 7.00. The summed E-state index contributed by atoms with van der Waals surface area (Å²) in [7, 11) is 0. The standard InChI is InChI=1S/C18H12Cl2F4N2O3S/c1-7-9-5-26(6-12(9)30-15(7)16(27)28)13-4-17(29-25-13,18(22,23)24)8-2-10(19)14(21)11(20)3-8/h2-3H,4-6H2,1H3,(H,27,28). The Morgan fingerprint density at radius 2 is 1.93 bits per heavy atom. The minimum absolute atomic E-state index is 0.0450. The second-order valence-electron chi connectivity index (χ2n) is 6.97. The lowest BCUT2D eigenvalue weighted by Crippen LogP contribution is -2.44. The third-order valence-electron chi connectivity index (χ3n) is 5.22. The van der Waals surface area contributed by atoms with E-state index < -0.39 is 45.6 Å². The number of halogens is 6. The average Bonchev–Trinajstić information content (AvgIpc) is 3.33. The third kappa shape index (κ3) is 3.12. The Bertz CT molecular complexity index is 1080. The van der Waals surface area contributed by atoms with Crippen molar-refractivity contribution in [2.75, 3.05) is 0 Å². The molecule has 2 aromatic rings. The van der Waals surface area contributed by atoms with Gasteiger partial charge in [0.15, 0.2) is 5.82 Å². The molecule has 1 unspecified atom stereocenters. The number of carbonyl (C=O) groups is 1. The van der Waals surface area contributed by atoms with Crippen LogP contribution >= 0.6 is 34.5 Å². The van der Waals surface area contributed by atoms with E-state index in [1.165, 1.54) is 0 Å². The normalized spacial score (nSPS) is 20.9. The summed E-state index contributed by atoms with van der Waals surface area (Å²) < 4.78 is 55.9. The number of rotatable bonds is 2. The maximum absolute atomic E-state index is 14.1. The Morgan fingerprint density at radius 3 is 2.47 bits per heavy atom. The molecule has 0 radical (unpaired) electrons. The Morgan fingerprint density at radius 1 is 1.30 bits per heavy atom. The number of thiophene rings is 1. The van der Waals surface area contributed by atoms with Gasteiger partial charge in [0.25, 0.3) is 5.60 Å². The van der Waals surface area contributed by atoms with Gasteiger partial charge in [0.1, 0.15) is 10.7 Å². The summed E-state index contributed by atoms with van der Waals surface area (Å²) in [6.45, 7) is 2.10. The number of amidine groups is 1. The molecular weight excluding hydrogens is 471 g/mol. The molecule has 1 aromatic heterocycles. The Balaban J connectivity index is 1.64. The van der Waals surface area contributed by atoms with Crippen LogP contribution in [0.5, 0.6) is 0 Å². The molecular formula is C18H12Cl2F4N2O3S. The van der Waals surface area contributed by atoms with E-state index in [2.05, 4.69) is 5.16 Å². The highest BCUT2D eigenvalue weighted by atomic mass is 35.5. The van der Waals surface area contributed by atoms with Crippen molar-refractivity contribution in [3.63, 3.8) is 0 Å². The monoisotopic (exact) mass is 482 g/mol. The molecule has 1 aromatic carbocycles. The lowest BCUT2D eigenvalue weighted by molar-refractivity contribution is -0.275. The molecule has 1 atom stereocenters. The fraction of sp³-hybridized carbons (Fsp3) is 0.333. The molecule has 2 aliphatic rings. The number of alkyl halides is 3. The summed E-state index contributed by atoms with van der Waals surface area (Å²) >= 11 is 12.5. The van der Waals surface area contributed by atoms with Crippen molar-refractivity contribution < 1.29 is 32.3 Å². The molecule has 1 N–H and O–H groups in total. The first-order chi connectivity index (χ1) is 13.9. The first-order valence-electron chi connectivity index (χ1n) is 8.51. The van der Waals surface area contributed by atoms with E-state index in [1.807, 2.05) is 0 Å². The molecule has 0 spiro atoms. The number of oxime groups is 1. The number of carboxylic acid groups (broad SMARTS) is 1. The summed E-state index contributed by atoms with van der Waals surface area (Å²) in [5, 5.41) is 11.8. The molecule has 0 bridgehead atoms. The van der Waals surface area contributed by atoms with Gasteiger partial charge in [-0.25, -0.2) is 9.18 Å². The van der Waals surface area contributed by atoms with E-state index in [9.17, 15) is 27.5 Å². The SMILES string of the molecule is Cc1c(C(=O)O)sc2c1CN(C1=NOC(c3cc(Cl)c(F)c(Cl)c3)(C(F)(F)F)C1)C2. The number of benzene rings is 1. The summed E-state index contributed by atoms with van der Waals surface area (Å²) in [5.41, 5.74) is -1.97. The second-order valence-corrected chi connectivity index (χ2v) is 8.89. The maximum atomic E-state index is 14.1. The van der Waals surface area contributed by atoms with Crippen LogP contribution in [-0.2, 0) is 23.5 Å². The zero-order chi connectivity index (χ0) is 22.0. The third-order valence-corrected chi connectivity index (χ3v) is 7.08. The van der Waals surface area contributed by atoms with Crippen LogP contribution in [0.2, 0.25) is 10.0 Å². The van der Waals surface area contributed by atoms with Crippen molar-refractivity contribution in [1.29, 1.82) is 0 Å². The summed E-state index contributed by atoms with van der Waals surface area (Å²) in [5.74, 6) is -2.02. The molecule has 0 amide bonds. The molecule has 4 rings (SSSR count). The summed E-state index contributed by atoms with van der Waals surface area (Å²) in [4.78, 5) is 18.8. The molecule has 3 heterocycles. The van der Waals surface area contributed by atoms with Crippen LogP contribution in [-0.4, -0.2) is 28.0 Å². The van der Waals surface area contributed by atoms with Crippen molar-refractivity contribution >= 4 is 46.3 Å². The van der Waals surface area contributed by atoms with Crippen LogP contribution in [0.3, 0.4) is 0 Å². The quantitative estimate of drug-likeness (QED) is 0.440. The van der Waals surface area contributed by atoms with Gasteiger partial charge in [0.05, 0.1) is 23.0 Å². The highest BCUT2D eigenvalue weighted by molar-refractivity contribution is 7.14. The van der Waals surface area contributed by atoms with Gasteiger partial charge in [-0.3, -0.25) is 0 Å². The number of fused-ring (bicyclic) bond motifs is 1. The zero-order valence-electron chi connectivity index (χ0n) is 15.1. The van der Waals surface area contributed by atoms with Crippen molar-refractivity contribution in [3.8, 4) is 0 Å². The predicted molar refractivity (Wildman–Crippen MR) is 103 cm³/mol. The molecule has 5 nitrogen and oxygen atoms in total. The van der Waals surface area contributed by atoms with Crippen LogP contribution in [0.4, 0.5) is 17.6 Å². The minimum atomic E-state index is -4.89. The molecule has 0 saturated heterocycles. The van der Waals surface area contributed by atoms with Crippen molar-refractivity contribution in [1.82, 2.24) is 4.90 Å². The van der Waals surface area contributed by atoms with Crippen LogP contribution in [0.1, 0.15) is 37.7 Å². The largest absolute Gasteiger partial charge is 0.477 e. The van der Waals surface area contributed by atoms with Crippen LogP contribution in [0.15, 0.2) is 17.3 Å². The van der Waals surface area contributed by atoms with Gasteiger partial charge in [-0.05, 0) is 30.2 Å². The zero-order valence-corrected chi connectivity index (χ0v) is 17.4. The van der Waals surface area contributed by atoms with Gasteiger partial charge in [-0.2, -0.15) is 13.2 Å². The van der Waals surface area contributed by atoms with Gasteiger partial charge in [0.2, 0.25) is 0 Å². The van der Waals surface area contributed by atoms with Gasteiger partial charge in [0, 0.05) is 17.0 Å². The Hall–Kier alpha value is -2.04. The molecule has 0 fully saturated rings. The van der Waals surface area contributed by atoms with Crippen molar-refractivity contribution in [2.45, 2.75) is 38.2 Å². The topological polar surface area (TPSA) is 62.1 Å². The van der Waals surface area contributed by atoms with Crippen LogP contribution < -0.4 is 0 Å². The fourth-order valence-corrected chi connectivity index (χ4v) is 5.25. The average molecular weight is 483 g/mol. The van der Waals surface area contributed by atoms with E-state index in [1.54, 1.807) is 11.8 Å². The summed E-state index contributed by atoms with van der Waals surface area (Å²) in [6, 6.07) is 1.66. The van der Waals surface area contributed by atoms with Gasteiger partial charge in [-0.1, -0.05) is 28.4 Å². The maximum Gasteiger partial charge on any atom is 0.435 e.